The molecule has 2 fully saturated rings. The van der Waals surface area contributed by atoms with Crippen molar-refractivity contribution < 1.29 is 42.7 Å². The number of aryl methyl sites for hydroxylation is 4. The lowest BCUT2D eigenvalue weighted by Gasteiger charge is -2.26. The van der Waals surface area contributed by atoms with Crippen molar-refractivity contribution in [2.75, 3.05) is 66.8 Å². The summed E-state index contributed by atoms with van der Waals surface area (Å²) >= 11 is 0. The predicted octanol–water partition coefficient (Wildman–Crippen LogP) is 9.99. The molecule has 21 nitrogen and oxygen atoms in total. The highest BCUT2D eigenvalue weighted by Crippen LogP contribution is 2.44. The maximum absolute atomic E-state index is 13.6. The topological polar surface area (TPSA) is 268 Å². The number of fused-ring (bicyclic) bond motifs is 8. The summed E-state index contributed by atoms with van der Waals surface area (Å²) in [5, 5.41) is 26.1. The minimum atomic E-state index is -1.21. The van der Waals surface area contributed by atoms with Crippen LogP contribution in [0.2, 0.25) is 0 Å². The maximum Gasteiger partial charge on any atom is 0.374 e. The van der Waals surface area contributed by atoms with Crippen molar-refractivity contribution in [3.63, 3.8) is 0 Å². The number of nitrogens with zero attached hydrogens (tertiary/aromatic N) is 9. The maximum atomic E-state index is 13.6. The van der Waals surface area contributed by atoms with Crippen LogP contribution in [0.3, 0.4) is 0 Å². The minimum Gasteiger partial charge on any atom is -0.496 e. The molecule has 10 heterocycles. The quantitative estimate of drug-likeness (QED) is 0.110. The van der Waals surface area contributed by atoms with Gasteiger partial charge >= 0.3 is 5.97 Å². The van der Waals surface area contributed by atoms with Crippen LogP contribution in [-0.2, 0) is 9.47 Å². The molecule has 1 amide bonds. The molecule has 2 saturated heterocycles. The molecular weight excluding hydrogens is 1030 g/mol. The van der Waals surface area contributed by atoms with Crippen molar-refractivity contribution in [3.05, 3.63) is 132 Å². The lowest BCUT2D eigenvalue weighted by atomic mass is 9.99. The molecule has 0 spiro atoms. The molecule has 12 aromatic rings. The lowest BCUT2D eigenvalue weighted by Crippen LogP contribution is -2.41. The monoisotopic (exact) mass is 1090 g/mol. The Morgan fingerprint density at radius 2 is 1.04 bits per heavy atom. The van der Waals surface area contributed by atoms with Gasteiger partial charge in [0.2, 0.25) is 11.6 Å². The van der Waals surface area contributed by atoms with Crippen LogP contribution in [-0.4, -0.2) is 139 Å². The number of methoxy groups -OCH3 is 2. The van der Waals surface area contributed by atoms with E-state index in [4.69, 9.17) is 38.0 Å². The molecule has 81 heavy (non-hydrogen) atoms. The van der Waals surface area contributed by atoms with Crippen molar-refractivity contribution in [1.82, 2.24) is 60.4 Å². The van der Waals surface area contributed by atoms with E-state index in [1.165, 1.54) is 0 Å². The first kappa shape index (κ1) is 52.0. The molecule has 0 bridgehead atoms. The number of aromatic carboxylic acids is 1. The number of carboxylic acid groups (broad SMARTS) is 1. The average molecular weight is 1090 g/mol. The number of ether oxygens (including phenoxy) is 4. The van der Waals surface area contributed by atoms with E-state index >= 15 is 0 Å². The molecule has 2 aliphatic heterocycles. The highest BCUT2D eigenvalue weighted by molar-refractivity contribution is 6.18. The smallest absolute Gasteiger partial charge is 0.374 e. The van der Waals surface area contributed by atoms with Crippen LogP contribution < -0.4 is 14.8 Å². The number of morpholine rings is 2. The summed E-state index contributed by atoms with van der Waals surface area (Å²) in [5.74, 6) is 1.08. The zero-order valence-electron chi connectivity index (χ0n) is 45.1. The highest BCUT2D eigenvalue weighted by atomic mass is 16.5. The van der Waals surface area contributed by atoms with Gasteiger partial charge < -0.3 is 53.3 Å². The van der Waals surface area contributed by atoms with Gasteiger partial charge in [0.15, 0.2) is 0 Å². The average Bonchev–Trinajstić information content (AvgIpc) is 4.17. The third kappa shape index (κ3) is 9.65. The van der Waals surface area contributed by atoms with Gasteiger partial charge in [0.25, 0.3) is 5.91 Å². The first-order valence-corrected chi connectivity index (χ1v) is 26.3. The summed E-state index contributed by atoms with van der Waals surface area (Å²) in [6.45, 7) is 13.3. The molecule has 4 aromatic carbocycles. The molecule has 0 radical (unpaired) electrons. The van der Waals surface area contributed by atoms with Crippen LogP contribution in [0.15, 0.2) is 106 Å². The van der Waals surface area contributed by atoms with E-state index in [1.54, 1.807) is 31.5 Å². The molecule has 0 atom stereocenters. The van der Waals surface area contributed by atoms with Gasteiger partial charge in [-0.2, -0.15) is 0 Å². The second kappa shape index (κ2) is 21.9. The second-order valence-electron chi connectivity index (χ2n) is 19.4. The van der Waals surface area contributed by atoms with Crippen LogP contribution >= 0.6 is 0 Å². The van der Waals surface area contributed by atoms with Crippen molar-refractivity contribution in [1.29, 1.82) is 0 Å². The van der Waals surface area contributed by atoms with Crippen molar-refractivity contribution in [3.8, 4) is 56.3 Å². The Hall–Kier alpha value is -9.70. The van der Waals surface area contributed by atoms with Gasteiger partial charge in [0.1, 0.15) is 34.3 Å². The Kier molecular flexibility index (Phi) is 14.0. The van der Waals surface area contributed by atoms with Gasteiger partial charge in [0, 0.05) is 93.4 Å². The fourth-order valence-corrected chi connectivity index (χ4v) is 10.7. The van der Waals surface area contributed by atoms with E-state index in [-0.39, 0.29) is 17.6 Å². The van der Waals surface area contributed by atoms with E-state index in [1.807, 2.05) is 113 Å². The first-order chi connectivity index (χ1) is 39.5. The van der Waals surface area contributed by atoms with Crippen LogP contribution in [0.25, 0.3) is 110 Å². The SMILES string of the molecule is C1COCCN1.COc1cc2c(cc1-c1c(C)noc1C)[nH]c1nc(C(=O)N3CCOCC3)nc(-c3ccnc4ccccc34)c12.COc1cc2c(cc1-c1c(C)noc1C)[nH]c1nc(C(=O)O)nc(-c3ccnc4ccccc34)c12. The number of hydrogen-bond donors (Lipinski definition) is 4. The summed E-state index contributed by atoms with van der Waals surface area (Å²) in [5.41, 5.74) is 11.9. The van der Waals surface area contributed by atoms with Crippen molar-refractivity contribution >= 4 is 77.6 Å². The Bertz CT molecular complexity index is 4340. The van der Waals surface area contributed by atoms with Gasteiger partial charge in [-0.25, -0.2) is 24.7 Å². The number of aromatic amines is 2. The largest absolute Gasteiger partial charge is 0.496 e. The third-order valence-corrected chi connectivity index (χ3v) is 14.5. The number of carbonyl (C=O) groups excluding carboxylic acids is 1. The Morgan fingerprint density at radius 1 is 0.568 bits per heavy atom. The molecule has 2 aliphatic rings. The fourth-order valence-electron chi connectivity index (χ4n) is 10.7. The number of rotatable bonds is 8. The van der Waals surface area contributed by atoms with E-state index in [9.17, 15) is 14.7 Å². The Labute approximate surface area is 461 Å². The number of nitrogens with one attached hydrogen (secondary N) is 3. The molecule has 4 N–H and O–H groups in total. The number of hydrogen-bond acceptors (Lipinski definition) is 17. The summed E-state index contributed by atoms with van der Waals surface area (Å²) in [7, 11) is 3.25. The van der Waals surface area contributed by atoms with Crippen molar-refractivity contribution in [2.45, 2.75) is 27.7 Å². The number of aromatic nitrogens is 10. The van der Waals surface area contributed by atoms with E-state index in [2.05, 4.69) is 45.5 Å². The normalized spacial score (nSPS) is 13.6. The Morgan fingerprint density at radius 3 is 1.47 bits per heavy atom. The molecule has 408 valence electrons. The second-order valence-corrected chi connectivity index (χ2v) is 19.4. The number of carbonyl (C=O) groups is 2. The molecule has 8 aromatic heterocycles. The number of para-hydroxylation sites is 2. The predicted molar refractivity (Wildman–Crippen MR) is 305 cm³/mol. The van der Waals surface area contributed by atoms with E-state index in [0.717, 1.165) is 120 Å². The van der Waals surface area contributed by atoms with Gasteiger partial charge in [0.05, 0.1) is 96.4 Å². The highest BCUT2D eigenvalue weighted by Gasteiger charge is 2.28. The Balaban J connectivity index is 0.000000147. The number of H-pyrrole nitrogens is 2. The first-order valence-electron chi connectivity index (χ1n) is 26.3. The van der Waals surface area contributed by atoms with Crippen LogP contribution in [0.1, 0.15) is 44.1 Å². The van der Waals surface area contributed by atoms with Gasteiger partial charge in [-0.15, -0.1) is 0 Å². The summed E-state index contributed by atoms with van der Waals surface area (Å²) in [6.07, 6.45) is 3.46. The molecule has 14 rings (SSSR count). The summed E-state index contributed by atoms with van der Waals surface area (Å²) in [6, 6.07) is 27.2. The number of benzene rings is 4. The lowest BCUT2D eigenvalue weighted by molar-refractivity contribution is 0.0295. The number of carboxylic acids is 1. The van der Waals surface area contributed by atoms with E-state index in [0.29, 0.717) is 77.4 Å². The zero-order chi connectivity index (χ0) is 55.9. The number of pyridine rings is 2. The van der Waals surface area contributed by atoms with Crippen LogP contribution in [0.4, 0.5) is 0 Å². The third-order valence-electron chi connectivity index (χ3n) is 14.5. The van der Waals surface area contributed by atoms with Crippen molar-refractivity contribution in [2.24, 2.45) is 0 Å². The molecule has 0 saturated carbocycles. The van der Waals surface area contributed by atoms with Gasteiger partial charge in [-0.3, -0.25) is 14.8 Å². The molecule has 21 heteroatoms. The molecule has 0 aliphatic carbocycles. The van der Waals surface area contributed by atoms with Crippen LogP contribution in [0, 0.1) is 27.7 Å². The summed E-state index contributed by atoms with van der Waals surface area (Å²) in [4.78, 5) is 61.4. The van der Waals surface area contributed by atoms with Gasteiger partial charge in [-0.1, -0.05) is 46.7 Å². The minimum absolute atomic E-state index is 0.134. The zero-order valence-corrected chi connectivity index (χ0v) is 45.1. The molecular formula is C60H54N12O9. The van der Waals surface area contributed by atoms with Crippen LogP contribution in [0.5, 0.6) is 11.5 Å². The van der Waals surface area contributed by atoms with E-state index < -0.39 is 5.97 Å². The molecule has 0 unspecified atom stereocenters. The number of amides is 1. The summed E-state index contributed by atoms with van der Waals surface area (Å²) < 4.78 is 32.9. The standard InChI is InChI=1S/C30H26N6O4.C26H19N5O4.C4H9NO/c1-16-25(17(2)40-35-16)21-14-23-20(15-24(21)38-3)26-27(19-8-9-31-22-7-5-4-6-18(19)22)33-29(34-28(26)32-23)30(37)36-10-12-39-13-11-36;1-12-21(13(2)35-31-12)17-10-19-16(11-20(17)34-3)22-23(29-25(26(32)33)30-24(22)28-19)15-8-9-27-18-7-5-4-6-14(15)18;1-3-6-4-2-5-1/h4-9,14-15H,10-13H2,1-3H3,(H,32,33,34);4-11H,1-3H3,(H,32,33)(H,28,29,30);5H,1-4H2. The fraction of sp³-hybridized carbons (Fsp3) is 0.233. The van der Waals surface area contributed by atoms with Gasteiger partial charge in [-0.05, 0) is 76.2 Å².